The number of rotatable bonds is 4. The Bertz CT molecular complexity index is 869. The number of pyridine rings is 1. The van der Waals surface area contributed by atoms with Gasteiger partial charge in [0.05, 0.1) is 10.7 Å². The van der Waals surface area contributed by atoms with Gasteiger partial charge in [-0.25, -0.2) is 4.98 Å². The summed E-state index contributed by atoms with van der Waals surface area (Å²) in [4.78, 5) is 16.5. The van der Waals surface area contributed by atoms with Crippen LogP contribution in [0.2, 0.25) is 10.0 Å². The van der Waals surface area contributed by atoms with Crippen molar-refractivity contribution in [1.82, 2.24) is 4.98 Å². The van der Waals surface area contributed by atoms with Gasteiger partial charge in [0, 0.05) is 22.5 Å². The number of aromatic nitrogens is 1. The fourth-order valence-electron chi connectivity index (χ4n) is 2.10. The molecule has 2 N–H and O–H groups in total. The van der Waals surface area contributed by atoms with E-state index in [-0.39, 0.29) is 5.91 Å². The zero-order valence-electron chi connectivity index (χ0n) is 12.5. The van der Waals surface area contributed by atoms with Gasteiger partial charge < -0.3 is 10.6 Å². The molecule has 2 aromatic carbocycles. The summed E-state index contributed by atoms with van der Waals surface area (Å²) < 4.78 is 0. The topological polar surface area (TPSA) is 54.0 Å². The van der Waals surface area contributed by atoms with Gasteiger partial charge in [0.25, 0.3) is 5.91 Å². The molecule has 0 aliphatic carbocycles. The Morgan fingerprint density at radius 2 is 1.75 bits per heavy atom. The molecule has 0 radical (unpaired) electrons. The smallest absolute Gasteiger partial charge is 0.255 e. The van der Waals surface area contributed by atoms with Gasteiger partial charge in [-0.15, -0.1) is 0 Å². The van der Waals surface area contributed by atoms with E-state index in [4.69, 9.17) is 23.2 Å². The number of nitrogens with zero attached hydrogens (tertiary/aromatic N) is 1. The van der Waals surface area contributed by atoms with E-state index in [1.807, 2.05) is 30.3 Å². The van der Waals surface area contributed by atoms with E-state index >= 15 is 0 Å². The highest BCUT2D eigenvalue weighted by Crippen LogP contribution is 2.28. The summed E-state index contributed by atoms with van der Waals surface area (Å²) >= 11 is 12.1. The zero-order chi connectivity index (χ0) is 16.9. The summed E-state index contributed by atoms with van der Waals surface area (Å²) in [7, 11) is 0. The van der Waals surface area contributed by atoms with Crippen LogP contribution in [0.4, 0.5) is 17.2 Å². The molecule has 1 heterocycles. The van der Waals surface area contributed by atoms with Crippen LogP contribution in [0.3, 0.4) is 0 Å². The van der Waals surface area contributed by atoms with E-state index in [0.717, 1.165) is 5.69 Å². The van der Waals surface area contributed by atoms with Crippen LogP contribution in [0.15, 0.2) is 66.9 Å². The van der Waals surface area contributed by atoms with Crippen LogP contribution in [-0.4, -0.2) is 10.9 Å². The molecule has 0 unspecified atom stereocenters. The summed E-state index contributed by atoms with van der Waals surface area (Å²) in [6.07, 6.45) is 1.56. The quantitative estimate of drug-likeness (QED) is 0.658. The van der Waals surface area contributed by atoms with E-state index in [2.05, 4.69) is 15.6 Å². The molecule has 0 atom stereocenters. The maximum atomic E-state index is 12.3. The second-order valence-corrected chi connectivity index (χ2v) is 5.84. The summed E-state index contributed by atoms with van der Waals surface area (Å²) in [6.45, 7) is 0. The monoisotopic (exact) mass is 357 g/mol. The lowest BCUT2D eigenvalue weighted by Crippen LogP contribution is -2.12. The van der Waals surface area contributed by atoms with Crippen molar-refractivity contribution in [3.05, 3.63) is 82.5 Å². The fraction of sp³-hybridized carbons (Fsp3) is 0. The third-order valence-corrected chi connectivity index (χ3v) is 3.81. The van der Waals surface area contributed by atoms with Crippen LogP contribution in [0, 0.1) is 0 Å². The van der Waals surface area contributed by atoms with Gasteiger partial charge >= 0.3 is 0 Å². The molecule has 0 saturated carbocycles. The van der Waals surface area contributed by atoms with E-state index in [0.29, 0.717) is 27.1 Å². The second-order valence-electron chi connectivity index (χ2n) is 5.00. The van der Waals surface area contributed by atoms with Gasteiger partial charge in [-0.05, 0) is 42.5 Å². The Hall–Kier alpha value is -2.56. The Balaban J connectivity index is 1.79. The third kappa shape index (κ3) is 4.04. The fourth-order valence-corrected chi connectivity index (χ4v) is 2.43. The van der Waals surface area contributed by atoms with E-state index in [1.165, 1.54) is 0 Å². The lowest BCUT2D eigenvalue weighted by molar-refractivity contribution is 0.102. The largest absolute Gasteiger partial charge is 0.339 e. The SMILES string of the molecule is O=C(Nc1ccccc1)c1ccnc(Nc2cc(Cl)ccc2Cl)c1. The highest BCUT2D eigenvalue weighted by molar-refractivity contribution is 6.35. The van der Waals surface area contributed by atoms with Crippen molar-refractivity contribution in [3.8, 4) is 0 Å². The number of anilines is 3. The normalized spacial score (nSPS) is 10.2. The molecule has 0 spiro atoms. The molecule has 4 nitrogen and oxygen atoms in total. The number of amides is 1. The van der Waals surface area contributed by atoms with Crippen LogP contribution >= 0.6 is 23.2 Å². The van der Waals surface area contributed by atoms with Gasteiger partial charge in [0.1, 0.15) is 5.82 Å². The lowest BCUT2D eigenvalue weighted by atomic mass is 10.2. The van der Waals surface area contributed by atoms with Crippen LogP contribution in [0.1, 0.15) is 10.4 Å². The first-order chi connectivity index (χ1) is 11.6. The number of benzene rings is 2. The first kappa shape index (κ1) is 16.3. The molecular weight excluding hydrogens is 345 g/mol. The van der Waals surface area contributed by atoms with Crippen molar-refractivity contribution in [2.24, 2.45) is 0 Å². The summed E-state index contributed by atoms with van der Waals surface area (Å²) in [5.74, 6) is 0.281. The van der Waals surface area contributed by atoms with Crippen molar-refractivity contribution < 1.29 is 4.79 Å². The molecule has 0 aliphatic heterocycles. The predicted octanol–water partition coefficient (Wildman–Crippen LogP) is 5.38. The van der Waals surface area contributed by atoms with Gasteiger partial charge in [0.2, 0.25) is 0 Å². The van der Waals surface area contributed by atoms with E-state index < -0.39 is 0 Å². The molecule has 0 fully saturated rings. The number of hydrogen-bond acceptors (Lipinski definition) is 3. The van der Waals surface area contributed by atoms with Crippen LogP contribution in [0.25, 0.3) is 0 Å². The number of para-hydroxylation sites is 1. The molecule has 24 heavy (non-hydrogen) atoms. The average molecular weight is 358 g/mol. The Morgan fingerprint density at radius 3 is 2.54 bits per heavy atom. The van der Waals surface area contributed by atoms with Crippen LogP contribution in [-0.2, 0) is 0 Å². The number of carbonyl (C=O) groups excluding carboxylic acids is 1. The van der Waals surface area contributed by atoms with Crippen molar-refractivity contribution in [3.63, 3.8) is 0 Å². The average Bonchev–Trinajstić information content (AvgIpc) is 2.59. The highest BCUT2D eigenvalue weighted by atomic mass is 35.5. The third-order valence-electron chi connectivity index (χ3n) is 3.24. The van der Waals surface area contributed by atoms with Crippen molar-refractivity contribution >= 4 is 46.3 Å². The standard InChI is InChI=1S/C18H13Cl2N3O/c19-13-6-7-15(20)16(11-13)23-17-10-12(8-9-21-17)18(24)22-14-4-2-1-3-5-14/h1-11H,(H,21,23)(H,22,24). The number of carbonyl (C=O) groups is 1. The maximum Gasteiger partial charge on any atom is 0.255 e. The molecule has 1 aromatic heterocycles. The van der Waals surface area contributed by atoms with Crippen molar-refractivity contribution in [1.29, 1.82) is 0 Å². The summed E-state index contributed by atoms with van der Waals surface area (Å²) in [5.41, 5.74) is 1.83. The molecule has 6 heteroatoms. The summed E-state index contributed by atoms with van der Waals surface area (Å²) in [5, 5.41) is 6.96. The first-order valence-electron chi connectivity index (χ1n) is 7.16. The maximum absolute atomic E-state index is 12.3. The van der Waals surface area contributed by atoms with Gasteiger partial charge in [0.15, 0.2) is 0 Å². The molecule has 0 bridgehead atoms. The molecule has 1 amide bonds. The lowest BCUT2D eigenvalue weighted by Gasteiger charge is -2.10. The predicted molar refractivity (Wildman–Crippen MR) is 98.4 cm³/mol. The Morgan fingerprint density at radius 1 is 0.958 bits per heavy atom. The molecule has 0 saturated heterocycles. The zero-order valence-corrected chi connectivity index (χ0v) is 14.0. The minimum atomic E-state index is -0.219. The number of nitrogens with one attached hydrogen (secondary N) is 2. The minimum absolute atomic E-state index is 0.219. The van der Waals surface area contributed by atoms with E-state index in [9.17, 15) is 4.79 Å². The van der Waals surface area contributed by atoms with Crippen LogP contribution < -0.4 is 10.6 Å². The van der Waals surface area contributed by atoms with E-state index in [1.54, 1.807) is 36.5 Å². The molecular formula is C18H13Cl2N3O. The Labute approximate surface area is 149 Å². The molecule has 3 rings (SSSR count). The number of halogens is 2. The minimum Gasteiger partial charge on any atom is -0.339 e. The van der Waals surface area contributed by atoms with Gasteiger partial charge in [-0.1, -0.05) is 41.4 Å². The van der Waals surface area contributed by atoms with Gasteiger partial charge in [-0.3, -0.25) is 4.79 Å². The highest BCUT2D eigenvalue weighted by Gasteiger charge is 2.09. The second kappa shape index (κ2) is 7.34. The molecule has 0 aliphatic rings. The van der Waals surface area contributed by atoms with Crippen LogP contribution in [0.5, 0.6) is 0 Å². The van der Waals surface area contributed by atoms with Crippen molar-refractivity contribution in [2.45, 2.75) is 0 Å². The number of hydrogen-bond donors (Lipinski definition) is 2. The molecule has 3 aromatic rings. The first-order valence-corrected chi connectivity index (χ1v) is 7.92. The molecule has 120 valence electrons. The summed E-state index contributed by atoms with van der Waals surface area (Å²) in [6, 6.07) is 17.6. The van der Waals surface area contributed by atoms with Gasteiger partial charge in [-0.2, -0.15) is 0 Å². The van der Waals surface area contributed by atoms with Crippen molar-refractivity contribution in [2.75, 3.05) is 10.6 Å². The Kier molecular flexibility index (Phi) is 4.99.